The highest BCUT2D eigenvalue weighted by Gasteiger charge is 2.21. The molecule has 0 fully saturated rings. The Morgan fingerprint density at radius 2 is 1.83 bits per heavy atom. The van der Waals surface area contributed by atoms with Gasteiger partial charge in [-0.2, -0.15) is 0 Å². The Morgan fingerprint density at radius 3 is 2.56 bits per heavy atom. The topological polar surface area (TPSA) is 108 Å². The number of aryl methyl sites for hydroxylation is 1. The summed E-state index contributed by atoms with van der Waals surface area (Å²) in [5.41, 5.74) is 3.35. The Morgan fingerprint density at radius 1 is 1.08 bits per heavy atom. The molecule has 7 nitrogen and oxygen atoms in total. The van der Waals surface area contributed by atoms with E-state index in [0.717, 1.165) is 30.4 Å². The third-order valence-corrected chi connectivity index (χ3v) is 6.24. The number of rotatable bonds is 8. The first kappa shape index (κ1) is 27.5. The number of amides is 1. The molecule has 1 aliphatic rings. The molecule has 0 aromatic heterocycles. The van der Waals surface area contributed by atoms with Gasteiger partial charge in [0, 0.05) is 24.5 Å². The molecular weight excluding hydrogens is 503 g/mol. The van der Waals surface area contributed by atoms with Crippen LogP contribution < -0.4 is 15.4 Å². The Balaban J connectivity index is 0.00000361. The Bertz CT molecular complexity index is 1250. The van der Waals surface area contributed by atoms with Crippen molar-refractivity contribution in [3.8, 4) is 11.5 Å². The second-order valence-electron chi connectivity index (χ2n) is 8.65. The summed E-state index contributed by atoms with van der Waals surface area (Å²) < 4.78 is 5.95. The highest BCUT2D eigenvalue weighted by atomic mass is 35.5. The number of carbonyl (C=O) groups is 2. The minimum Gasteiger partial charge on any atom is -0.478 e. The van der Waals surface area contributed by atoms with E-state index in [1.807, 2.05) is 30.3 Å². The minimum absolute atomic E-state index is 0. The van der Waals surface area contributed by atoms with E-state index in [1.165, 1.54) is 24.6 Å². The first-order chi connectivity index (χ1) is 16.8. The van der Waals surface area contributed by atoms with Crippen molar-refractivity contribution in [2.45, 2.75) is 38.3 Å². The van der Waals surface area contributed by atoms with E-state index in [2.05, 4.69) is 10.6 Å². The molecular formula is C27H28Cl2N2O5. The van der Waals surface area contributed by atoms with Gasteiger partial charge in [0.1, 0.15) is 11.5 Å². The average molecular weight is 531 g/mol. The van der Waals surface area contributed by atoms with Crippen LogP contribution in [0.15, 0.2) is 60.7 Å². The fourth-order valence-corrected chi connectivity index (χ4v) is 4.48. The smallest absolute Gasteiger partial charge is 0.337 e. The highest BCUT2D eigenvalue weighted by molar-refractivity contribution is 6.30. The zero-order valence-corrected chi connectivity index (χ0v) is 21.2. The molecule has 0 bridgehead atoms. The fourth-order valence-electron chi connectivity index (χ4n) is 4.28. The van der Waals surface area contributed by atoms with Gasteiger partial charge < -0.3 is 25.6 Å². The molecule has 0 unspecified atom stereocenters. The quantitative estimate of drug-likeness (QED) is 0.311. The summed E-state index contributed by atoms with van der Waals surface area (Å²) in [6, 6.07) is 17.9. The number of carbonyl (C=O) groups excluding carboxylic acids is 1. The monoisotopic (exact) mass is 530 g/mol. The summed E-state index contributed by atoms with van der Waals surface area (Å²) in [4.78, 5) is 23.0. The van der Waals surface area contributed by atoms with Crippen LogP contribution in [0.3, 0.4) is 0 Å². The maximum absolute atomic E-state index is 11.6. The predicted octanol–water partition coefficient (Wildman–Crippen LogP) is 5.39. The van der Waals surface area contributed by atoms with E-state index < -0.39 is 12.1 Å². The van der Waals surface area contributed by atoms with Gasteiger partial charge in [-0.3, -0.25) is 4.79 Å². The van der Waals surface area contributed by atoms with Crippen molar-refractivity contribution in [1.82, 2.24) is 5.32 Å². The van der Waals surface area contributed by atoms with Crippen LogP contribution in [0.4, 0.5) is 5.69 Å². The van der Waals surface area contributed by atoms with E-state index in [4.69, 9.17) is 16.3 Å². The predicted molar refractivity (Wildman–Crippen MR) is 142 cm³/mol. The number of aliphatic hydroxyl groups is 1. The lowest BCUT2D eigenvalue weighted by atomic mass is 9.88. The summed E-state index contributed by atoms with van der Waals surface area (Å²) in [7, 11) is 0. The lowest BCUT2D eigenvalue weighted by Crippen LogP contribution is -2.37. The van der Waals surface area contributed by atoms with Gasteiger partial charge in [-0.1, -0.05) is 29.8 Å². The van der Waals surface area contributed by atoms with E-state index in [9.17, 15) is 19.8 Å². The number of halogens is 2. The Kier molecular flexibility index (Phi) is 9.34. The lowest BCUT2D eigenvalue weighted by molar-refractivity contribution is -0.114. The van der Waals surface area contributed by atoms with Gasteiger partial charge in [0.05, 0.1) is 17.4 Å². The maximum atomic E-state index is 11.6. The first-order valence-electron chi connectivity index (χ1n) is 11.4. The number of aliphatic hydroxyl groups excluding tert-OH is 1. The van der Waals surface area contributed by atoms with E-state index in [0.29, 0.717) is 23.1 Å². The fraction of sp³-hybridized carbons (Fsp3) is 0.259. The van der Waals surface area contributed by atoms with Crippen molar-refractivity contribution in [2.75, 3.05) is 11.9 Å². The molecule has 9 heteroatoms. The van der Waals surface area contributed by atoms with E-state index in [-0.39, 0.29) is 35.6 Å². The molecule has 0 saturated carbocycles. The molecule has 3 aromatic carbocycles. The number of hydrogen-bond donors (Lipinski definition) is 4. The molecule has 190 valence electrons. The summed E-state index contributed by atoms with van der Waals surface area (Å²) in [6.07, 6.45) is 2.02. The number of carboxylic acid groups (broad SMARTS) is 1. The van der Waals surface area contributed by atoms with Gasteiger partial charge in [0.15, 0.2) is 0 Å². The summed E-state index contributed by atoms with van der Waals surface area (Å²) in [6.45, 7) is 1.75. The van der Waals surface area contributed by atoms with Gasteiger partial charge in [0.2, 0.25) is 5.91 Å². The number of nitrogens with one attached hydrogen (secondary N) is 2. The molecule has 0 saturated heterocycles. The molecule has 4 N–H and O–H groups in total. The van der Waals surface area contributed by atoms with Crippen LogP contribution in [0.5, 0.6) is 11.5 Å². The summed E-state index contributed by atoms with van der Waals surface area (Å²) in [5.74, 6) is -0.531. The number of carboxylic acids is 1. The first-order valence-corrected chi connectivity index (χ1v) is 11.8. The average Bonchev–Trinajstić information content (AvgIpc) is 2.82. The van der Waals surface area contributed by atoms with Crippen LogP contribution in [0.25, 0.3) is 0 Å². The lowest BCUT2D eigenvalue weighted by Gasteiger charge is -2.27. The molecule has 1 aliphatic carbocycles. The van der Waals surface area contributed by atoms with Crippen molar-refractivity contribution in [2.24, 2.45) is 0 Å². The van der Waals surface area contributed by atoms with Crippen LogP contribution in [0.1, 0.15) is 46.5 Å². The molecule has 0 heterocycles. The molecule has 2 atom stereocenters. The second-order valence-corrected chi connectivity index (χ2v) is 9.08. The Hall–Kier alpha value is -3.10. The number of anilines is 1. The van der Waals surface area contributed by atoms with Gasteiger partial charge in [-0.25, -0.2) is 4.79 Å². The minimum atomic E-state index is -1.15. The number of hydrogen-bond acceptors (Lipinski definition) is 5. The van der Waals surface area contributed by atoms with Crippen LogP contribution in [0, 0.1) is 0 Å². The third-order valence-electron chi connectivity index (χ3n) is 6.01. The Labute approximate surface area is 220 Å². The normalized spacial score (nSPS) is 15.2. The van der Waals surface area contributed by atoms with Crippen molar-refractivity contribution >= 4 is 41.6 Å². The van der Waals surface area contributed by atoms with Gasteiger partial charge in [-0.05, 0) is 78.4 Å². The van der Waals surface area contributed by atoms with Crippen LogP contribution >= 0.6 is 24.0 Å². The number of benzene rings is 3. The van der Waals surface area contributed by atoms with Gasteiger partial charge in [0.25, 0.3) is 0 Å². The maximum Gasteiger partial charge on any atom is 0.337 e. The van der Waals surface area contributed by atoms with Gasteiger partial charge in [-0.15, -0.1) is 12.4 Å². The van der Waals surface area contributed by atoms with E-state index >= 15 is 0 Å². The largest absolute Gasteiger partial charge is 0.478 e. The molecule has 1 amide bonds. The molecule has 0 spiro atoms. The SMILES string of the molecule is CC(=O)Nc1ccc(Oc2ccc3c(c2)C[C@@H](NC[C@H](O)c2cccc(Cl)c2)CC3)cc1C(=O)O.Cl. The van der Waals surface area contributed by atoms with Crippen molar-refractivity contribution in [3.63, 3.8) is 0 Å². The van der Waals surface area contributed by atoms with Gasteiger partial charge >= 0.3 is 5.97 Å². The van der Waals surface area contributed by atoms with Crippen LogP contribution in [-0.2, 0) is 17.6 Å². The number of ether oxygens (including phenoxy) is 1. The molecule has 0 aliphatic heterocycles. The van der Waals surface area contributed by atoms with E-state index in [1.54, 1.807) is 18.2 Å². The summed E-state index contributed by atoms with van der Waals surface area (Å²) >= 11 is 6.03. The van der Waals surface area contributed by atoms with Crippen molar-refractivity contribution in [1.29, 1.82) is 0 Å². The second kappa shape index (κ2) is 12.2. The standard InChI is InChI=1S/C27H27ClN2O5.ClH/c1-16(31)30-25-10-9-23(14-24(25)27(33)34)35-22-8-6-17-5-7-21(12-19(17)13-22)29-15-26(32)18-3-2-4-20(28)11-18;/h2-4,6,8-11,13-14,21,26,29,32H,5,7,12,15H2,1H3,(H,30,31)(H,33,34);1H/t21-,26-;/m0./s1. The zero-order valence-electron chi connectivity index (χ0n) is 19.7. The highest BCUT2D eigenvalue weighted by Crippen LogP contribution is 2.31. The van der Waals surface area contributed by atoms with Crippen LogP contribution in [0.2, 0.25) is 5.02 Å². The molecule has 3 aromatic rings. The number of aromatic carboxylic acids is 1. The van der Waals surface area contributed by atoms with Crippen molar-refractivity contribution in [3.05, 3.63) is 87.9 Å². The third kappa shape index (κ3) is 6.98. The zero-order chi connectivity index (χ0) is 24.9. The molecule has 36 heavy (non-hydrogen) atoms. The van der Waals surface area contributed by atoms with Crippen molar-refractivity contribution < 1.29 is 24.5 Å². The number of fused-ring (bicyclic) bond motifs is 1. The van der Waals surface area contributed by atoms with Crippen LogP contribution in [-0.4, -0.2) is 34.7 Å². The molecule has 4 rings (SSSR count). The molecule has 0 radical (unpaired) electrons. The summed E-state index contributed by atoms with van der Waals surface area (Å²) in [5, 5.41) is 26.6.